The van der Waals surface area contributed by atoms with E-state index in [1.807, 2.05) is 25.2 Å². The number of benzene rings is 1. The Hall–Kier alpha value is -2.82. The summed E-state index contributed by atoms with van der Waals surface area (Å²) in [5, 5.41) is 17.1. The number of pyridine rings is 1. The molecule has 2 aromatic rings. The van der Waals surface area contributed by atoms with Gasteiger partial charge in [-0.1, -0.05) is 12.1 Å². The van der Waals surface area contributed by atoms with Crippen LogP contribution in [0.3, 0.4) is 0 Å². The second-order valence-electron chi connectivity index (χ2n) is 4.75. The molecule has 1 aromatic carbocycles. The average molecular weight is 279 g/mol. The lowest BCUT2D eigenvalue weighted by Gasteiger charge is -2.12. The summed E-state index contributed by atoms with van der Waals surface area (Å²) >= 11 is 0. The molecule has 0 unspecified atom stereocenters. The Morgan fingerprint density at radius 2 is 2.24 bits per heavy atom. The van der Waals surface area contributed by atoms with E-state index in [-0.39, 0.29) is 0 Å². The first kappa shape index (κ1) is 13.2. The van der Waals surface area contributed by atoms with Gasteiger partial charge in [-0.05, 0) is 29.8 Å². The van der Waals surface area contributed by atoms with Crippen molar-refractivity contribution >= 4 is 29.1 Å². The van der Waals surface area contributed by atoms with Crippen molar-refractivity contribution in [2.24, 2.45) is 0 Å². The van der Waals surface area contributed by atoms with Crippen LogP contribution in [0.25, 0.3) is 5.70 Å². The molecule has 2 heterocycles. The molecule has 4 N–H and O–H groups in total. The van der Waals surface area contributed by atoms with Crippen molar-refractivity contribution in [3.63, 3.8) is 0 Å². The van der Waals surface area contributed by atoms with E-state index >= 15 is 0 Å². The van der Waals surface area contributed by atoms with Gasteiger partial charge >= 0.3 is 0 Å². The summed E-state index contributed by atoms with van der Waals surface area (Å²) in [7, 11) is 1.85. The minimum atomic E-state index is 0.732. The summed E-state index contributed by atoms with van der Waals surface area (Å²) in [6.07, 6.45) is 4.81. The SMILES string of the molecule is CN/C(=C\C=N)c1ccc2c(c1)NCc1cccnc1N2. The van der Waals surface area contributed by atoms with Crippen molar-refractivity contribution in [1.82, 2.24) is 10.3 Å². The predicted octanol–water partition coefficient (Wildman–Crippen LogP) is 2.96. The Morgan fingerprint density at radius 1 is 1.33 bits per heavy atom. The van der Waals surface area contributed by atoms with Gasteiger partial charge in [0, 0.05) is 37.3 Å². The fourth-order valence-corrected chi connectivity index (χ4v) is 2.39. The third-order valence-electron chi connectivity index (χ3n) is 3.46. The average Bonchev–Trinajstić information content (AvgIpc) is 2.71. The molecule has 0 saturated heterocycles. The van der Waals surface area contributed by atoms with Gasteiger partial charge in [0.1, 0.15) is 5.82 Å². The quantitative estimate of drug-likeness (QED) is 0.652. The molecule has 1 aliphatic rings. The highest BCUT2D eigenvalue weighted by atomic mass is 15.0. The highest BCUT2D eigenvalue weighted by Gasteiger charge is 2.13. The predicted molar refractivity (Wildman–Crippen MR) is 87.1 cm³/mol. The van der Waals surface area contributed by atoms with Crippen molar-refractivity contribution in [3.05, 3.63) is 53.7 Å². The number of allylic oxidation sites excluding steroid dienone is 1. The van der Waals surface area contributed by atoms with Crippen molar-refractivity contribution in [2.45, 2.75) is 6.54 Å². The normalized spacial score (nSPS) is 13.1. The van der Waals surface area contributed by atoms with Crippen LogP contribution >= 0.6 is 0 Å². The molecule has 106 valence electrons. The van der Waals surface area contributed by atoms with Crippen LogP contribution in [0.1, 0.15) is 11.1 Å². The smallest absolute Gasteiger partial charge is 0.135 e. The minimum Gasteiger partial charge on any atom is -0.388 e. The lowest BCUT2D eigenvalue weighted by Crippen LogP contribution is -2.06. The number of aromatic nitrogens is 1. The van der Waals surface area contributed by atoms with Crippen LogP contribution in [0, 0.1) is 5.41 Å². The number of anilines is 3. The maximum absolute atomic E-state index is 7.22. The molecule has 0 spiro atoms. The van der Waals surface area contributed by atoms with E-state index in [4.69, 9.17) is 5.41 Å². The zero-order chi connectivity index (χ0) is 14.7. The molecule has 0 bridgehead atoms. The van der Waals surface area contributed by atoms with Crippen LogP contribution in [-0.2, 0) is 6.54 Å². The van der Waals surface area contributed by atoms with Gasteiger partial charge in [-0.25, -0.2) is 4.98 Å². The summed E-state index contributed by atoms with van der Waals surface area (Å²) in [5.74, 6) is 0.889. The standard InChI is InChI=1S/C16H17N5/c1-18-13(6-7-17)11-4-5-14-15(9-11)20-10-12-3-2-8-19-16(12)21-14/h2-9,17-18,20H,10H2,1H3,(H,19,21)/b13-6-,17-7?. The van der Waals surface area contributed by atoms with E-state index in [9.17, 15) is 0 Å². The molecule has 0 radical (unpaired) electrons. The Morgan fingerprint density at radius 3 is 3.05 bits per heavy atom. The first-order chi connectivity index (χ1) is 10.3. The highest BCUT2D eigenvalue weighted by molar-refractivity contribution is 5.85. The summed E-state index contributed by atoms with van der Waals surface area (Å²) in [5.41, 5.74) is 5.11. The third-order valence-corrected chi connectivity index (χ3v) is 3.46. The molecular formula is C16H17N5. The molecule has 21 heavy (non-hydrogen) atoms. The maximum atomic E-state index is 7.22. The molecule has 3 rings (SSSR count). The van der Waals surface area contributed by atoms with Crippen molar-refractivity contribution in [1.29, 1.82) is 5.41 Å². The number of fused-ring (bicyclic) bond motifs is 2. The maximum Gasteiger partial charge on any atom is 0.135 e. The zero-order valence-electron chi connectivity index (χ0n) is 11.8. The third kappa shape index (κ3) is 2.58. The summed E-state index contributed by atoms with van der Waals surface area (Å²) in [6.45, 7) is 0.732. The van der Waals surface area contributed by atoms with E-state index in [1.54, 1.807) is 12.3 Å². The lowest BCUT2D eigenvalue weighted by molar-refractivity contribution is 1.12. The largest absolute Gasteiger partial charge is 0.388 e. The highest BCUT2D eigenvalue weighted by Crippen LogP contribution is 2.32. The molecule has 0 atom stereocenters. The van der Waals surface area contributed by atoms with Crippen molar-refractivity contribution < 1.29 is 0 Å². The van der Waals surface area contributed by atoms with Gasteiger partial charge in [0.15, 0.2) is 0 Å². The van der Waals surface area contributed by atoms with Crippen LogP contribution in [0.5, 0.6) is 0 Å². The van der Waals surface area contributed by atoms with E-state index in [0.29, 0.717) is 0 Å². The Bertz CT molecular complexity index is 706. The molecule has 1 aromatic heterocycles. The molecule has 1 aliphatic heterocycles. The monoisotopic (exact) mass is 279 g/mol. The number of nitrogens with one attached hydrogen (secondary N) is 4. The van der Waals surface area contributed by atoms with Gasteiger partial charge in [0.25, 0.3) is 0 Å². The van der Waals surface area contributed by atoms with E-state index in [2.05, 4.69) is 33.1 Å². The van der Waals surface area contributed by atoms with Crippen LogP contribution in [0.15, 0.2) is 42.6 Å². The van der Waals surface area contributed by atoms with Gasteiger partial charge in [0.05, 0.1) is 11.4 Å². The van der Waals surface area contributed by atoms with E-state index < -0.39 is 0 Å². The topological polar surface area (TPSA) is 72.8 Å². The Kier molecular flexibility index (Phi) is 3.55. The van der Waals surface area contributed by atoms with Crippen LogP contribution in [0.4, 0.5) is 17.2 Å². The molecule has 0 amide bonds. The number of hydrogen-bond donors (Lipinski definition) is 4. The van der Waals surface area contributed by atoms with E-state index in [1.165, 1.54) is 6.21 Å². The van der Waals surface area contributed by atoms with Crippen LogP contribution < -0.4 is 16.0 Å². The van der Waals surface area contributed by atoms with Gasteiger partial charge < -0.3 is 21.4 Å². The second-order valence-corrected chi connectivity index (χ2v) is 4.75. The molecule has 5 nitrogen and oxygen atoms in total. The second kappa shape index (κ2) is 5.66. The first-order valence-electron chi connectivity index (χ1n) is 6.79. The molecule has 5 heteroatoms. The zero-order valence-corrected chi connectivity index (χ0v) is 11.8. The van der Waals surface area contributed by atoms with Gasteiger partial charge in [-0.2, -0.15) is 0 Å². The fraction of sp³-hybridized carbons (Fsp3) is 0.125. The summed E-state index contributed by atoms with van der Waals surface area (Å²) < 4.78 is 0. The first-order valence-corrected chi connectivity index (χ1v) is 6.79. The molecule has 0 saturated carbocycles. The molecular weight excluding hydrogens is 262 g/mol. The van der Waals surface area contributed by atoms with Gasteiger partial charge in [0.2, 0.25) is 0 Å². The number of rotatable bonds is 3. The Balaban J connectivity index is 1.98. The number of hydrogen-bond acceptors (Lipinski definition) is 5. The fourth-order valence-electron chi connectivity index (χ4n) is 2.39. The summed E-state index contributed by atoms with van der Waals surface area (Å²) in [6, 6.07) is 10.1. The number of nitrogens with zero attached hydrogens (tertiary/aromatic N) is 1. The lowest BCUT2D eigenvalue weighted by atomic mass is 10.1. The molecule has 0 fully saturated rings. The van der Waals surface area contributed by atoms with Crippen LogP contribution in [-0.4, -0.2) is 18.2 Å². The van der Waals surface area contributed by atoms with Gasteiger partial charge in [-0.3, -0.25) is 0 Å². The Labute approximate surface area is 123 Å². The van der Waals surface area contributed by atoms with E-state index in [0.717, 1.165) is 40.6 Å². The van der Waals surface area contributed by atoms with Crippen molar-refractivity contribution in [3.8, 4) is 0 Å². The van der Waals surface area contributed by atoms with Crippen LogP contribution in [0.2, 0.25) is 0 Å². The minimum absolute atomic E-state index is 0.732. The van der Waals surface area contributed by atoms with Gasteiger partial charge in [-0.15, -0.1) is 0 Å². The molecule has 0 aliphatic carbocycles. The van der Waals surface area contributed by atoms with Crippen molar-refractivity contribution in [2.75, 3.05) is 17.7 Å². The summed E-state index contributed by atoms with van der Waals surface area (Å²) in [4.78, 5) is 4.38.